The molecule has 0 aliphatic rings. The summed E-state index contributed by atoms with van der Waals surface area (Å²) in [5.74, 6) is 0. The molecule has 0 spiro atoms. The van der Waals surface area contributed by atoms with E-state index in [1.165, 1.54) is 0 Å². The van der Waals surface area contributed by atoms with Crippen LogP contribution in [-0.2, 0) is 0 Å². The van der Waals surface area contributed by atoms with Gasteiger partial charge in [0, 0.05) is 6.54 Å². The Morgan fingerprint density at radius 1 is 1.75 bits per heavy atom. The van der Waals surface area contributed by atoms with Gasteiger partial charge in [0.25, 0.3) is 0 Å². The van der Waals surface area contributed by atoms with Crippen molar-refractivity contribution in [2.24, 2.45) is 0 Å². The molecule has 3 N–H and O–H groups in total. The molecule has 0 aliphatic heterocycles. The van der Waals surface area contributed by atoms with Gasteiger partial charge in [-0.25, -0.2) is 10.2 Å². The summed E-state index contributed by atoms with van der Waals surface area (Å²) in [6.07, 6.45) is -0.126. The smallest absolute Gasteiger partial charge is 0.419 e. The van der Waals surface area contributed by atoms with Crippen LogP contribution in [0.5, 0.6) is 0 Å². The van der Waals surface area contributed by atoms with E-state index in [2.05, 4.69) is 5.43 Å². The SMILES string of the molecule is CCCNNC(=O)O. The summed E-state index contributed by atoms with van der Waals surface area (Å²) >= 11 is 0. The van der Waals surface area contributed by atoms with Crippen LogP contribution in [0.25, 0.3) is 0 Å². The monoisotopic (exact) mass is 118 g/mol. The summed E-state index contributed by atoms with van der Waals surface area (Å²) in [4.78, 5) is 9.70. The van der Waals surface area contributed by atoms with Gasteiger partial charge in [0.1, 0.15) is 0 Å². The van der Waals surface area contributed by atoms with Gasteiger partial charge in [0.15, 0.2) is 0 Å². The van der Waals surface area contributed by atoms with Gasteiger partial charge < -0.3 is 5.11 Å². The van der Waals surface area contributed by atoms with Crippen LogP contribution in [0.15, 0.2) is 0 Å². The first kappa shape index (κ1) is 7.23. The van der Waals surface area contributed by atoms with Gasteiger partial charge in [0.2, 0.25) is 0 Å². The molecule has 0 atom stereocenters. The summed E-state index contributed by atoms with van der Waals surface area (Å²) < 4.78 is 0. The Morgan fingerprint density at radius 3 is 2.75 bits per heavy atom. The summed E-state index contributed by atoms with van der Waals surface area (Å²) in [6.45, 7) is 2.63. The Labute approximate surface area is 47.9 Å². The van der Waals surface area contributed by atoms with Gasteiger partial charge in [0.05, 0.1) is 0 Å². The Kier molecular flexibility index (Phi) is 3.97. The van der Waals surface area contributed by atoms with Crippen LogP contribution < -0.4 is 10.9 Å². The van der Waals surface area contributed by atoms with E-state index in [0.717, 1.165) is 6.42 Å². The molecular weight excluding hydrogens is 108 g/mol. The van der Waals surface area contributed by atoms with Crippen molar-refractivity contribution >= 4 is 6.09 Å². The highest BCUT2D eigenvalue weighted by molar-refractivity contribution is 5.63. The Bertz CT molecular complexity index is 74.4. The number of carbonyl (C=O) groups is 1. The molecule has 0 heterocycles. The van der Waals surface area contributed by atoms with Crippen molar-refractivity contribution in [1.82, 2.24) is 10.9 Å². The summed E-state index contributed by atoms with van der Waals surface area (Å²) in [7, 11) is 0. The lowest BCUT2D eigenvalue weighted by atomic mass is 10.5. The minimum atomic E-state index is -1.04. The normalized spacial score (nSPS) is 8.62. The molecule has 4 heteroatoms. The second kappa shape index (κ2) is 4.39. The maximum Gasteiger partial charge on any atom is 0.419 e. The van der Waals surface area contributed by atoms with Crippen molar-refractivity contribution in [3.05, 3.63) is 0 Å². The molecule has 4 nitrogen and oxygen atoms in total. The Balaban J connectivity index is 2.82. The highest BCUT2D eigenvalue weighted by Crippen LogP contribution is 1.64. The van der Waals surface area contributed by atoms with Crippen LogP contribution in [0.4, 0.5) is 4.79 Å². The van der Waals surface area contributed by atoms with Crippen molar-refractivity contribution in [3.63, 3.8) is 0 Å². The van der Waals surface area contributed by atoms with Crippen LogP contribution >= 0.6 is 0 Å². The predicted octanol–water partition coefficient (Wildman–Crippen LogP) is 0.169. The van der Waals surface area contributed by atoms with E-state index in [1.807, 2.05) is 12.3 Å². The fourth-order valence-electron chi connectivity index (χ4n) is 0.263. The van der Waals surface area contributed by atoms with Gasteiger partial charge >= 0.3 is 6.09 Å². The molecule has 0 aromatic heterocycles. The van der Waals surface area contributed by atoms with Gasteiger partial charge in [-0.3, -0.25) is 5.43 Å². The van der Waals surface area contributed by atoms with E-state index in [4.69, 9.17) is 5.11 Å². The Morgan fingerprint density at radius 2 is 2.38 bits per heavy atom. The van der Waals surface area contributed by atoms with Crippen LogP contribution in [0, 0.1) is 0 Å². The molecule has 0 aromatic rings. The molecule has 0 rings (SSSR count). The summed E-state index contributed by atoms with van der Waals surface area (Å²) in [5, 5.41) is 7.97. The fraction of sp³-hybridized carbons (Fsp3) is 0.750. The van der Waals surface area contributed by atoms with E-state index in [1.54, 1.807) is 0 Å². The summed E-state index contributed by atoms with van der Waals surface area (Å²) in [5.41, 5.74) is 4.50. The molecule has 0 aliphatic carbocycles. The minimum absolute atomic E-state index is 0.673. The van der Waals surface area contributed by atoms with E-state index < -0.39 is 6.09 Å². The number of hydrazine groups is 1. The van der Waals surface area contributed by atoms with Crippen LogP contribution in [-0.4, -0.2) is 17.7 Å². The molecule has 0 unspecified atom stereocenters. The maximum absolute atomic E-state index is 9.70. The minimum Gasteiger partial charge on any atom is -0.464 e. The topological polar surface area (TPSA) is 61.4 Å². The lowest BCUT2D eigenvalue weighted by Gasteiger charge is -1.98. The van der Waals surface area contributed by atoms with Crippen molar-refractivity contribution in [2.75, 3.05) is 6.54 Å². The average molecular weight is 118 g/mol. The second-order valence-electron chi connectivity index (χ2n) is 1.36. The third-order valence-electron chi connectivity index (χ3n) is 0.570. The molecule has 0 bridgehead atoms. The van der Waals surface area contributed by atoms with Crippen molar-refractivity contribution in [1.29, 1.82) is 0 Å². The zero-order valence-electron chi connectivity index (χ0n) is 4.77. The molecule has 0 saturated carbocycles. The van der Waals surface area contributed by atoms with Crippen molar-refractivity contribution < 1.29 is 9.90 Å². The third kappa shape index (κ3) is 5.23. The van der Waals surface area contributed by atoms with Gasteiger partial charge in [-0.2, -0.15) is 0 Å². The van der Waals surface area contributed by atoms with Crippen LogP contribution in [0.2, 0.25) is 0 Å². The number of nitrogens with one attached hydrogen (secondary N) is 2. The third-order valence-corrected chi connectivity index (χ3v) is 0.570. The van der Waals surface area contributed by atoms with Crippen LogP contribution in [0.3, 0.4) is 0 Å². The molecule has 0 fully saturated rings. The standard InChI is InChI=1S/C4H10N2O2/c1-2-3-5-6-4(7)8/h5-6H,2-3H2,1H3,(H,7,8). The number of hydrogen-bond donors (Lipinski definition) is 3. The van der Waals surface area contributed by atoms with Gasteiger partial charge in [-0.1, -0.05) is 6.92 Å². The lowest BCUT2D eigenvalue weighted by Crippen LogP contribution is -2.36. The number of hydrogen-bond acceptors (Lipinski definition) is 2. The first-order valence-electron chi connectivity index (χ1n) is 2.49. The fourth-order valence-corrected chi connectivity index (χ4v) is 0.263. The second-order valence-corrected chi connectivity index (χ2v) is 1.36. The zero-order valence-corrected chi connectivity index (χ0v) is 4.77. The highest BCUT2D eigenvalue weighted by atomic mass is 16.4. The number of carboxylic acid groups (broad SMARTS) is 1. The molecule has 1 amide bonds. The number of amides is 1. The molecule has 48 valence electrons. The van der Waals surface area contributed by atoms with Gasteiger partial charge in [-0.05, 0) is 6.42 Å². The van der Waals surface area contributed by atoms with E-state index in [-0.39, 0.29) is 0 Å². The number of rotatable bonds is 3. The first-order chi connectivity index (χ1) is 3.77. The maximum atomic E-state index is 9.70. The van der Waals surface area contributed by atoms with Crippen LogP contribution in [0.1, 0.15) is 13.3 Å². The quantitative estimate of drug-likeness (QED) is 0.365. The zero-order chi connectivity index (χ0) is 6.41. The predicted molar refractivity (Wildman–Crippen MR) is 29.5 cm³/mol. The van der Waals surface area contributed by atoms with E-state index in [0.29, 0.717) is 6.54 Å². The highest BCUT2D eigenvalue weighted by Gasteiger charge is 1.87. The van der Waals surface area contributed by atoms with Gasteiger partial charge in [-0.15, -0.1) is 0 Å². The largest absolute Gasteiger partial charge is 0.464 e. The van der Waals surface area contributed by atoms with E-state index in [9.17, 15) is 4.79 Å². The molecule has 0 saturated heterocycles. The van der Waals surface area contributed by atoms with E-state index >= 15 is 0 Å². The van der Waals surface area contributed by atoms with Crippen molar-refractivity contribution in [2.45, 2.75) is 13.3 Å². The lowest BCUT2D eigenvalue weighted by molar-refractivity contribution is 0.189. The average Bonchev–Trinajstić information content (AvgIpc) is 1.66. The molecule has 8 heavy (non-hydrogen) atoms. The summed E-state index contributed by atoms with van der Waals surface area (Å²) in [6, 6.07) is 0. The molecular formula is C4H10N2O2. The molecule has 0 aromatic carbocycles. The Hall–Kier alpha value is -0.770. The molecule has 0 radical (unpaired) electrons. The first-order valence-corrected chi connectivity index (χ1v) is 2.49. The van der Waals surface area contributed by atoms with Crippen molar-refractivity contribution in [3.8, 4) is 0 Å².